The predicted octanol–water partition coefficient (Wildman–Crippen LogP) is 7.55. The first-order chi connectivity index (χ1) is 27.3. The summed E-state index contributed by atoms with van der Waals surface area (Å²) in [7, 11) is -2.32. The number of aromatic nitrogens is 4. The van der Waals surface area contributed by atoms with Gasteiger partial charge in [0.05, 0.1) is 29.6 Å². The molecule has 4 aromatic carbocycles. The highest BCUT2D eigenvalue weighted by Gasteiger charge is 2.27. The van der Waals surface area contributed by atoms with Crippen LogP contribution in [-0.4, -0.2) is 101 Å². The average Bonchev–Trinajstić information content (AvgIpc) is 3.62. The SMILES string of the molecule is Cc1cc(Nc2nccc(Oc3ccc(NC(=O)Nc4cc([SH](C)(C)(C)C)nn4-c4ccc(OCCN5CCOCC5)cc4)c4ccccc34)n2)cc(C=N)c1N. The average molecular weight is 791 g/mol. The van der Waals surface area contributed by atoms with Gasteiger partial charge in [0.1, 0.15) is 23.9 Å². The number of anilines is 5. The van der Waals surface area contributed by atoms with Gasteiger partial charge in [-0.1, -0.05) is 24.3 Å². The van der Waals surface area contributed by atoms with Crippen LogP contribution in [0, 0.1) is 12.3 Å². The van der Waals surface area contributed by atoms with Crippen molar-refractivity contribution in [1.29, 1.82) is 5.41 Å². The van der Waals surface area contributed by atoms with E-state index in [0.29, 0.717) is 52.6 Å². The van der Waals surface area contributed by atoms with Gasteiger partial charge in [0, 0.05) is 71.9 Å². The maximum atomic E-state index is 13.7. The van der Waals surface area contributed by atoms with E-state index >= 15 is 0 Å². The number of thiol groups is 1. The van der Waals surface area contributed by atoms with Crippen LogP contribution < -0.4 is 31.2 Å². The van der Waals surface area contributed by atoms with Gasteiger partial charge in [0.2, 0.25) is 11.8 Å². The Kier molecular flexibility index (Phi) is 11.1. The fourth-order valence-electron chi connectivity index (χ4n) is 6.35. The smallest absolute Gasteiger partial charge is 0.324 e. The molecule has 0 aliphatic carbocycles. The zero-order valence-electron chi connectivity index (χ0n) is 32.9. The van der Waals surface area contributed by atoms with Crippen LogP contribution in [0.3, 0.4) is 0 Å². The number of morpholine rings is 1. The van der Waals surface area contributed by atoms with Crippen LogP contribution in [-0.2, 0) is 4.74 Å². The summed E-state index contributed by atoms with van der Waals surface area (Å²) in [4.78, 5) is 25.0. The Balaban J connectivity index is 1.07. The van der Waals surface area contributed by atoms with Crippen LogP contribution >= 0.6 is 9.16 Å². The van der Waals surface area contributed by atoms with Gasteiger partial charge in [-0.15, -0.1) is 0 Å². The number of carbonyl (C=O) groups excluding carboxylic acids is 1. The van der Waals surface area contributed by atoms with Crippen LogP contribution in [0.15, 0.2) is 96.2 Å². The monoisotopic (exact) mass is 790 g/mol. The van der Waals surface area contributed by atoms with Crippen LogP contribution in [0.25, 0.3) is 16.5 Å². The maximum absolute atomic E-state index is 13.7. The van der Waals surface area contributed by atoms with Crippen molar-refractivity contribution in [3.8, 4) is 23.1 Å². The summed E-state index contributed by atoms with van der Waals surface area (Å²) in [6.07, 6.45) is 11.7. The van der Waals surface area contributed by atoms with Crippen molar-refractivity contribution in [3.05, 3.63) is 102 Å². The van der Waals surface area contributed by atoms with Gasteiger partial charge in [-0.2, -0.15) is 10.1 Å². The molecule has 1 fully saturated rings. The number of carbonyl (C=O) groups is 1. The summed E-state index contributed by atoms with van der Waals surface area (Å²) in [5.74, 6) is 2.51. The largest absolute Gasteiger partial charge is 0.492 e. The second-order valence-corrected chi connectivity index (χ2v) is 23.4. The number of nitrogens with two attached hydrogens (primary N) is 1. The van der Waals surface area contributed by atoms with Crippen molar-refractivity contribution in [3.63, 3.8) is 0 Å². The van der Waals surface area contributed by atoms with Gasteiger partial charge in [-0.3, -0.25) is 19.4 Å². The summed E-state index contributed by atoms with van der Waals surface area (Å²) in [5.41, 5.74) is 10.2. The van der Waals surface area contributed by atoms with E-state index in [4.69, 9.17) is 30.5 Å². The minimum atomic E-state index is -2.32. The molecule has 3 heterocycles. The number of nitrogen functional groups attached to an aromatic ring is 1. The Bertz CT molecular complexity index is 2410. The van der Waals surface area contributed by atoms with Crippen molar-refractivity contribution in [2.45, 2.75) is 11.9 Å². The molecule has 1 aliphatic rings. The lowest BCUT2D eigenvalue weighted by atomic mass is 10.1. The van der Waals surface area contributed by atoms with Gasteiger partial charge in [-0.05, 0) is 86.0 Å². The third kappa shape index (κ3) is 9.45. The van der Waals surface area contributed by atoms with Crippen molar-refractivity contribution >= 4 is 61.0 Å². The van der Waals surface area contributed by atoms with E-state index in [1.165, 1.54) is 6.21 Å². The number of urea groups is 1. The number of hydrogen-bond acceptors (Lipinski definition) is 11. The minimum absolute atomic E-state index is 0.320. The van der Waals surface area contributed by atoms with Crippen molar-refractivity contribution in [2.75, 3.05) is 86.2 Å². The first-order valence-corrected chi connectivity index (χ1v) is 22.7. The molecule has 7 rings (SSSR count). The Morgan fingerprint density at radius 1 is 0.965 bits per heavy atom. The highest BCUT2D eigenvalue weighted by molar-refractivity contribution is 8.47. The number of fused-ring (bicyclic) bond motifs is 1. The van der Waals surface area contributed by atoms with E-state index < -0.39 is 15.2 Å². The lowest BCUT2D eigenvalue weighted by Crippen LogP contribution is -2.38. The molecule has 0 radical (unpaired) electrons. The fourth-order valence-corrected chi connectivity index (χ4v) is 7.44. The fraction of sp³-hybridized carbons (Fsp3) is 0.262. The Labute approximate surface area is 332 Å². The first-order valence-electron chi connectivity index (χ1n) is 18.7. The zero-order chi connectivity index (χ0) is 40.2. The zero-order valence-corrected chi connectivity index (χ0v) is 33.8. The minimum Gasteiger partial charge on any atom is -0.492 e. The third-order valence-corrected chi connectivity index (χ3v) is 11.6. The van der Waals surface area contributed by atoms with Gasteiger partial charge in [-0.25, -0.2) is 14.5 Å². The van der Waals surface area contributed by atoms with Crippen LogP contribution in [0.1, 0.15) is 11.1 Å². The second kappa shape index (κ2) is 16.1. The molecule has 1 saturated heterocycles. The Morgan fingerprint density at radius 2 is 1.72 bits per heavy atom. The molecule has 298 valence electrons. The molecule has 2 aromatic heterocycles. The van der Waals surface area contributed by atoms with E-state index in [2.05, 4.69) is 55.8 Å². The number of benzene rings is 4. The number of amides is 2. The second-order valence-electron chi connectivity index (χ2n) is 15.8. The quantitative estimate of drug-likeness (QED) is 0.0389. The highest BCUT2D eigenvalue weighted by atomic mass is 32.3. The molecule has 6 N–H and O–H groups in total. The molecule has 0 spiro atoms. The molecule has 0 bridgehead atoms. The van der Waals surface area contributed by atoms with Gasteiger partial charge in [0.25, 0.3) is 0 Å². The van der Waals surface area contributed by atoms with Gasteiger partial charge >= 0.3 is 6.03 Å². The van der Waals surface area contributed by atoms with E-state index in [-0.39, 0.29) is 0 Å². The Hall–Kier alpha value is -6.16. The standard InChI is InChI=1S/C42H50N10O4S/c1-28-24-30(25-29(27-43)40(28)44)46-41-45-17-16-38(49-41)56-36-15-14-35(33-8-6-7-9-34(33)36)47-42(53)48-37-26-39(57(2,3,4)5)50-52(37)31-10-12-32(13-11-31)55-23-20-51-18-21-54-22-19-51/h6-17,24-27,43,57H,18-23,44H2,1-5H3,(H,45,46,49)(H2,47,48,53). The Morgan fingerprint density at radius 3 is 2.46 bits per heavy atom. The van der Waals surface area contributed by atoms with Crippen LogP contribution in [0.2, 0.25) is 0 Å². The molecule has 1 aliphatic heterocycles. The molecule has 15 heteroatoms. The summed E-state index contributed by atoms with van der Waals surface area (Å²) in [6.45, 7) is 6.67. The summed E-state index contributed by atoms with van der Waals surface area (Å²) in [6, 6.07) is 25.9. The lowest BCUT2D eigenvalue weighted by molar-refractivity contribution is 0.0322. The highest BCUT2D eigenvalue weighted by Crippen LogP contribution is 2.63. The maximum Gasteiger partial charge on any atom is 0.324 e. The third-order valence-electron chi connectivity index (χ3n) is 9.52. The van der Waals surface area contributed by atoms with E-state index in [1.54, 1.807) is 35.1 Å². The number of rotatable bonds is 13. The summed E-state index contributed by atoms with van der Waals surface area (Å²) < 4.78 is 19.5. The van der Waals surface area contributed by atoms with Crippen molar-refractivity contribution < 1.29 is 19.0 Å². The van der Waals surface area contributed by atoms with E-state index in [1.807, 2.05) is 67.6 Å². The molecule has 0 unspecified atom stereocenters. The molecular weight excluding hydrogens is 741 g/mol. The normalized spacial score (nSPS) is 14.0. The molecular formula is C42H50N10O4S. The summed E-state index contributed by atoms with van der Waals surface area (Å²) >= 11 is 0. The number of ether oxygens (including phenoxy) is 3. The van der Waals surface area contributed by atoms with E-state index in [0.717, 1.165) is 65.6 Å². The molecule has 2 amide bonds. The number of hydrogen-bond donors (Lipinski definition) is 6. The first kappa shape index (κ1) is 39.1. The molecule has 14 nitrogen and oxygen atoms in total. The van der Waals surface area contributed by atoms with Gasteiger partial charge in [0.15, 0.2) is 0 Å². The lowest BCUT2D eigenvalue weighted by Gasteiger charge is -2.44. The molecule has 0 saturated carbocycles. The topological polar surface area (TPSA) is 178 Å². The van der Waals surface area contributed by atoms with Crippen LogP contribution in [0.4, 0.5) is 33.6 Å². The number of nitrogens with zero attached hydrogens (tertiary/aromatic N) is 5. The van der Waals surface area contributed by atoms with E-state index in [9.17, 15) is 4.79 Å². The number of nitrogens with one attached hydrogen (secondary N) is 4. The predicted molar refractivity (Wildman–Crippen MR) is 233 cm³/mol. The molecule has 6 aromatic rings. The van der Waals surface area contributed by atoms with Crippen LogP contribution in [0.5, 0.6) is 17.4 Å². The molecule has 0 atom stereocenters. The van der Waals surface area contributed by atoms with Crippen molar-refractivity contribution in [1.82, 2.24) is 24.6 Å². The van der Waals surface area contributed by atoms with Gasteiger partial charge < -0.3 is 36.0 Å². The summed E-state index contributed by atoms with van der Waals surface area (Å²) in [5, 5.41) is 24.5. The molecule has 57 heavy (non-hydrogen) atoms. The van der Waals surface area contributed by atoms with Crippen molar-refractivity contribution in [2.24, 2.45) is 0 Å². The number of aryl methyl sites for hydroxylation is 1.